The van der Waals surface area contributed by atoms with Gasteiger partial charge in [0, 0.05) is 37.7 Å². The SMILES string of the molecule is O=S(=O)(O)CCS(=O)(=O)O.[Ca]. The summed E-state index contributed by atoms with van der Waals surface area (Å²) in [4.78, 5) is 0. The Kier molecular flexibility index (Phi) is 6.57. The van der Waals surface area contributed by atoms with Gasteiger partial charge in [0.2, 0.25) is 0 Å². The maximum absolute atomic E-state index is 9.86. The molecule has 0 saturated heterocycles. The van der Waals surface area contributed by atoms with Crippen molar-refractivity contribution in [2.45, 2.75) is 0 Å². The maximum atomic E-state index is 9.86. The van der Waals surface area contributed by atoms with Crippen molar-refractivity contribution in [1.82, 2.24) is 0 Å². The van der Waals surface area contributed by atoms with Crippen molar-refractivity contribution in [2.75, 3.05) is 11.5 Å². The second-order valence-corrected chi connectivity index (χ2v) is 4.72. The van der Waals surface area contributed by atoms with Gasteiger partial charge in [-0.1, -0.05) is 0 Å². The van der Waals surface area contributed by atoms with E-state index in [0.29, 0.717) is 0 Å². The third kappa shape index (κ3) is 14.0. The predicted octanol–water partition coefficient (Wildman–Crippen LogP) is -1.62. The first kappa shape index (κ1) is 14.6. The minimum absolute atomic E-state index is 0. The van der Waals surface area contributed by atoms with Gasteiger partial charge in [0.1, 0.15) is 0 Å². The zero-order valence-corrected chi connectivity index (χ0v) is 9.31. The van der Waals surface area contributed by atoms with Crippen molar-refractivity contribution in [3.05, 3.63) is 0 Å². The maximum Gasteiger partial charge on any atom is 0.265 e. The molecule has 0 bridgehead atoms. The van der Waals surface area contributed by atoms with Crippen molar-refractivity contribution in [3.8, 4) is 0 Å². The monoisotopic (exact) mass is 230 g/mol. The Morgan fingerprint density at radius 2 is 1.00 bits per heavy atom. The van der Waals surface area contributed by atoms with Gasteiger partial charge in [0.25, 0.3) is 20.2 Å². The number of hydrogen-bond donors (Lipinski definition) is 2. The Morgan fingerprint density at radius 3 is 1.09 bits per heavy atom. The van der Waals surface area contributed by atoms with Crippen molar-refractivity contribution >= 4 is 58.0 Å². The molecule has 0 unspecified atom stereocenters. The Bertz CT molecular complexity index is 255. The standard InChI is InChI=1S/C2H6O6S2.Ca/c3-9(4,5)1-2-10(6,7)8;/h1-2H2,(H,3,4,5)(H,6,7,8);. The topological polar surface area (TPSA) is 109 Å². The van der Waals surface area contributed by atoms with Gasteiger partial charge in [0.15, 0.2) is 0 Å². The van der Waals surface area contributed by atoms with E-state index in [1.165, 1.54) is 0 Å². The van der Waals surface area contributed by atoms with Crippen LogP contribution in [0.1, 0.15) is 0 Å². The molecule has 0 rings (SSSR count). The molecule has 0 aliphatic carbocycles. The van der Waals surface area contributed by atoms with Gasteiger partial charge >= 0.3 is 0 Å². The van der Waals surface area contributed by atoms with Crippen LogP contribution in [0.25, 0.3) is 0 Å². The molecular formula is C2H6CaO6S2. The third-order valence-corrected chi connectivity index (χ3v) is 2.30. The van der Waals surface area contributed by atoms with E-state index in [0.717, 1.165) is 0 Å². The van der Waals surface area contributed by atoms with Gasteiger partial charge in [-0.25, -0.2) is 0 Å². The van der Waals surface area contributed by atoms with Crippen LogP contribution in [0, 0.1) is 0 Å². The van der Waals surface area contributed by atoms with Crippen LogP contribution in [0.2, 0.25) is 0 Å². The fourth-order valence-electron chi connectivity index (χ4n) is 0.211. The number of hydrogen-bond acceptors (Lipinski definition) is 4. The van der Waals surface area contributed by atoms with E-state index in [-0.39, 0.29) is 37.7 Å². The summed E-state index contributed by atoms with van der Waals surface area (Å²) in [6.07, 6.45) is 0. The summed E-state index contributed by atoms with van der Waals surface area (Å²) in [5.41, 5.74) is 0. The molecule has 64 valence electrons. The van der Waals surface area contributed by atoms with Crippen LogP contribution < -0.4 is 0 Å². The second kappa shape index (κ2) is 4.95. The van der Waals surface area contributed by atoms with E-state index in [1.807, 2.05) is 0 Å². The van der Waals surface area contributed by atoms with Gasteiger partial charge in [-0.2, -0.15) is 16.8 Å². The molecular weight excluding hydrogens is 224 g/mol. The summed E-state index contributed by atoms with van der Waals surface area (Å²) in [7, 11) is -8.59. The summed E-state index contributed by atoms with van der Waals surface area (Å²) in [6.45, 7) is 0. The quantitative estimate of drug-likeness (QED) is 0.445. The molecule has 0 aliphatic rings. The minimum atomic E-state index is -4.30. The van der Waals surface area contributed by atoms with Crippen LogP contribution in [-0.4, -0.2) is 75.2 Å². The Balaban J connectivity index is 0. The first-order valence-electron chi connectivity index (χ1n) is 2.11. The molecule has 0 aromatic heterocycles. The molecule has 2 radical (unpaired) electrons. The van der Waals surface area contributed by atoms with Gasteiger partial charge in [-0.05, 0) is 0 Å². The molecule has 0 aromatic carbocycles. The van der Waals surface area contributed by atoms with Gasteiger partial charge in [0.05, 0.1) is 11.5 Å². The average molecular weight is 230 g/mol. The van der Waals surface area contributed by atoms with Crippen LogP contribution in [-0.2, 0) is 20.2 Å². The summed E-state index contributed by atoms with van der Waals surface area (Å²) < 4.78 is 55.4. The summed E-state index contributed by atoms with van der Waals surface area (Å²) >= 11 is 0. The van der Waals surface area contributed by atoms with Crippen LogP contribution >= 0.6 is 0 Å². The van der Waals surface area contributed by atoms with Gasteiger partial charge < -0.3 is 0 Å². The second-order valence-electron chi connectivity index (χ2n) is 1.57. The Labute approximate surface area is 94.5 Å². The van der Waals surface area contributed by atoms with E-state index < -0.39 is 31.7 Å². The molecule has 0 spiro atoms. The minimum Gasteiger partial charge on any atom is -0.286 e. The molecule has 0 amide bonds. The molecule has 0 heterocycles. The molecule has 9 heteroatoms. The van der Waals surface area contributed by atoms with Crippen molar-refractivity contribution in [2.24, 2.45) is 0 Å². The van der Waals surface area contributed by atoms with Crippen molar-refractivity contribution < 1.29 is 25.9 Å². The Morgan fingerprint density at radius 1 is 0.818 bits per heavy atom. The van der Waals surface area contributed by atoms with E-state index in [1.54, 1.807) is 0 Å². The summed E-state index contributed by atoms with van der Waals surface area (Å²) in [5.74, 6) is -1.96. The molecule has 11 heavy (non-hydrogen) atoms. The predicted molar refractivity (Wildman–Crippen MR) is 38.6 cm³/mol. The molecule has 0 atom stereocenters. The van der Waals surface area contributed by atoms with Gasteiger partial charge in [-0.3, -0.25) is 9.11 Å². The van der Waals surface area contributed by atoms with Crippen LogP contribution in [0.3, 0.4) is 0 Å². The molecule has 0 saturated carbocycles. The molecule has 0 aromatic rings. The van der Waals surface area contributed by atoms with E-state index >= 15 is 0 Å². The van der Waals surface area contributed by atoms with E-state index in [2.05, 4.69) is 0 Å². The average Bonchev–Trinajstić information content (AvgIpc) is 1.57. The van der Waals surface area contributed by atoms with Crippen molar-refractivity contribution in [3.63, 3.8) is 0 Å². The molecule has 6 nitrogen and oxygen atoms in total. The van der Waals surface area contributed by atoms with Crippen LogP contribution in [0.4, 0.5) is 0 Å². The first-order chi connectivity index (χ1) is 4.21. The largest absolute Gasteiger partial charge is 0.286 e. The molecule has 2 N–H and O–H groups in total. The van der Waals surface area contributed by atoms with Gasteiger partial charge in [-0.15, -0.1) is 0 Å². The van der Waals surface area contributed by atoms with E-state index in [9.17, 15) is 16.8 Å². The van der Waals surface area contributed by atoms with E-state index in [4.69, 9.17) is 9.11 Å². The third-order valence-electron chi connectivity index (χ3n) is 0.599. The first-order valence-corrected chi connectivity index (χ1v) is 5.33. The van der Waals surface area contributed by atoms with Crippen molar-refractivity contribution in [1.29, 1.82) is 0 Å². The molecule has 0 fully saturated rings. The fourth-order valence-corrected chi connectivity index (χ4v) is 1.90. The Hall–Kier alpha value is 1.08. The van der Waals surface area contributed by atoms with Crippen LogP contribution in [0.15, 0.2) is 0 Å². The zero-order chi connectivity index (χ0) is 8.41. The number of rotatable bonds is 3. The zero-order valence-electron chi connectivity index (χ0n) is 5.47. The summed E-state index contributed by atoms with van der Waals surface area (Å²) in [6, 6.07) is 0. The normalized spacial score (nSPS) is 12.2. The summed E-state index contributed by atoms with van der Waals surface area (Å²) in [5, 5.41) is 0. The van der Waals surface area contributed by atoms with Crippen LogP contribution in [0.5, 0.6) is 0 Å². The molecule has 0 aliphatic heterocycles. The smallest absolute Gasteiger partial charge is 0.265 e. The fraction of sp³-hybridized carbons (Fsp3) is 1.00.